The summed E-state index contributed by atoms with van der Waals surface area (Å²) in [5.74, 6) is 0.283. The average Bonchev–Trinajstić information content (AvgIpc) is 3.00. The van der Waals surface area contributed by atoms with Gasteiger partial charge in [-0.1, -0.05) is 55.4 Å². The van der Waals surface area contributed by atoms with E-state index >= 15 is 0 Å². The summed E-state index contributed by atoms with van der Waals surface area (Å²) >= 11 is 2.90. The molecule has 0 aliphatic rings. The highest BCUT2D eigenvalue weighted by molar-refractivity contribution is 7.99. The van der Waals surface area contributed by atoms with E-state index in [0.717, 1.165) is 39.1 Å². The van der Waals surface area contributed by atoms with Gasteiger partial charge in [-0.15, -0.1) is 11.3 Å². The standard InChI is InChI=1S/C22H27N3O2S2/c1-5-6-12-25-21(27)19-15(2)16(3)29-20(19)23-22(25)28-14-18(26)24(4)13-17-10-8-7-9-11-17/h7-11H,5-6,12-14H2,1-4H3. The number of amides is 1. The van der Waals surface area contributed by atoms with Crippen LogP contribution in [0.3, 0.4) is 0 Å². The number of unbranched alkanes of at least 4 members (excludes halogenated alkanes) is 1. The fourth-order valence-electron chi connectivity index (χ4n) is 3.11. The highest BCUT2D eigenvalue weighted by Gasteiger charge is 2.18. The summed E-state index contributed by atoms with van der Waals surface area (Å²) in [5.41, 5.74) is 2.12. The third kappa shape index (κ3) is 4.90. The lowest BCUT2D eigenvalue weighted by molar-refractivity contribution is -0.127. The summed E-state index contributed by atoms with van der Waals surface area (Å²) in [5, 5.41) is 1.36. The minimum atomic E-state index is 0.0119. The molecule has 0 unspecified atom stereocenters. The predicted octanol–water partition coefficient (Wildman–Crippen LogP) is 4.63. The Kier molecular flexibility index (Phi) is 7.14. The summed E-state index contributed by atoms with van der Waals surface area (Å²) in [7, 11) is 1.81. The van der Waals surface area contributed by atoms with Gasteiger partial charge in [0.2, 0.25) is 5.91 Å². The molecule has 0 fully saturated rings. The van der Waals surface area contributed by atoms with Gasteiger partial charge >= 0.3 is 0 Å². The lowest BCUT2D eigenvalue weighted by Crippen LogP contribution is -2.29. The zero-order valence-electron chi connectivity index (χ0n) is 17.4. The zero-order chi connectivity index (χ0) is 21.0. The van der Waals surface area contributed by atoms with Crippen LogP contribution in [-0.4, -0.2) is 33.2 Å². The maximum atomic E-state index is 13.1. The number of hydrogen-bond acceptors (Lipinski definition) is 5. The molecule has 0 saturated heterocycles. The Morgan fingerprint density at radius 2 is 1.97 bits per heavy atom. The van der Waals surface area contributed by atoms with Crippen LogP contribution >= 0.6 is 23.1 Å². The first kappa shape index (κ1) is 21.6. The summed E-state index contributed by atoms with van der Waals surface area (Å²) in [4.78, 5) is 34.1. The van der Waals surface area contributed by atoms with Crippen LogP contribution in [0.4, 0.5) is 0 Å². The fraction of sp³-hybridized carbons (Fsp3) is 0.409. The smallest absolute Gasteiger partial charge is 0.263 e. The van der Waals surface area contributed by atoms with Gasteiger partial charge in [-0.2, -0.15) is 0 Å². The van der Waals surface area contributed by atoms with Crippen molar-refractivity contribution < 1.29 is 4.79 Å². The zero-order valence-corrected chi connectivity index (χ0v) is 19.0. The molecule has 0 radical (unpaired) electrons. The Morgan fingerprint density at radius 1 is 1.24 bits per heavy atom. The van der Waals surface area contributed by atoms with E-state index in [-0.39, 0.29) is 17.2 Å². The van der Waals surface area contributed by atoms with E-state index in [4.69, 9.17) is 4.98 Å². The van der Waals surface area contributed by atoms with Crippen molar-refractivity contribution in [3.05, 3.63) is 56.7 Å². The lowest BCUT2D eigenvalue weighted by Gasteiger charge is -2.18. The molecular formula is C22H27N3O2S2. The molecule has 0 spiro atoms. The first-order chi connectivity index (χ1) is 13.9. The van der Waals surface area contributed by atoms with Crippen LogP contribution in [0, 0.1) is 13.8 Å². The maximum absolute atomic E-state index is 13.1. The van der Waals surface area contributed by atoms with Gasteiger partial charge in [-0.3, -0.25) is 14.2 Å². The number of aromatic nitrogens is 2. The van der Waals surface area contributed by atoms with Gasteiger partial charge < -0.3 is 4.90 Å². The number of fused-ring (bicyclic) bond motifs is 1. The van der Waals surface area contributed by atoms with E-state index in [2.05, 4.69) is 6.92 Å². The number of carbonyl (C=O) groups excluding carboxylic acids is 1. The van der Waals surface area contributed by atoms with Crippen molar-refractivity contribution in [1.82, 2.24) is 14.5 Å². The number of aryl methyl sites for hydroxylation is 2. The molecule has 154 valence electrons. The van der Waals surface area contributed by atoms with Gasteiger partial charge in [0.05, 0.1) is 11.1 Å². The fourth-order valence-corrected chi connectivity index (χ4v) is 5.15. The molecule has 0 saturated carbocycles. The molecule has 7 heteroatoms. The van der Waals surface area contributed by atoms with Crippen LogP contribution in [0.25, 0.3) is 10.2 Å². The minimum absolute atomic E-state index is 0.0119. The van der Waals surface area contributed by atoms with E-state index in [1.165, 1.54) is 11.8 Å². The highest BCUT2D eigenvalue weighted by Crippen LogP contribution is 2.28. The summed E-state index contributed by atoms with van der Waals surface area (Å²) in [6.07, 6.45) is 1.90. The molecule has 1 amide bonds. The summed E-state index contributed by atoms with van der Waals surface area (Å²) in [6.45, 7) is 7.30. The van der Waals surface area contributed by atoms with Crippen molar-refractivity contribution in [3.63, 3.8) is 0 Å². The minimum Gasteiger partial charge on any atom is -0.341 e. The summed E-state index contributed by atoms with van der Waals surface area (Å²) in [6, 6.07) is 9.93. The van der Waals surface area contributed by atoms with E-state index in [1.807, 2.05) is 51.2 Å². The first-order valence-corrected chi connectivity index (χ1v) is 11.6. The predicted molar refractivity (Wildman–Crippen MR) is 122 cm³/mol. The SMILES string of the molecule is CCCCn1c(SCC(=O)N(C)Cc2ccccc2)nc2sc(C)c(C)c2c1=O. The second-order valence-corrected chi connectivity index (χ2v) is 9.34. The van der Waals surface area contributed by atoms with Crippen LogP contribution < -0.4 is 5.56 Å². The number of thioether (sulfide) groups is 1. The van der Waals surface area contributed by atoms with Gasteiger partial charge in [-0.25, -0.2) is 4.98 Å². The van der Waals surface area contributed by atoms with Crippen molar-refractivity contribution in [2.45, 2.75) is 51.9 Å². The third-order valence-electron chi connectivity index (χ3n) is 5.00. The molecule has 0 N–H and O–H groups in total. The van der Waals surface area contributed by atoms with Crippen LogP contribution in [0.5, 0.6) is 0 Å². The molecule has 3 rings (SSSR count). The normalized spacial score (nSPS) is 11.2. The van der Waals surface area contributed by atoms with Crippen LogP contribution in [0.15, 0.2) is 40.3 Å². The molecule has 5 nitrogen and oxygen atoms in total. The van der Waals surface area contributed by atoms with Gasteiger partial charge in [0.25, 0.3) is 5.56 Å². The van der Waals surface area contributed by atoms with Crippen molar-refractivity contribution >= 4 is 39.2 Å². The van der Waals surface area contributed by atoms with Gasteiger partial charge in [-0.05, 0) is 31.4 Å². The van der Waals surface area contributed by atoms with Crippen molar-refractivity contribution in [1.29, 1.82) is 0 Å². The average molecular weight is 430 g/mol. The lowest BCUT2D eigenvalue weighted by atomic mass is 10.2. The first-order valence-electron chi connectivity index (χ1n) is 9.83. The Bertz CT molecular complexity index is 1060. The van der Waals surface area contributed by atoms with Gasteiger partial charge in [0.15, 0.2) is 5.16 Å². The molecule has 3 aromatic rings. The van der Waals surface area contributed by atoms with E-state index in [0.29, 0.717) is 18.2 Å². The van der Waals surface area contributed by atoms with Gasteiger partial charge in [0.1, 0.15) is 4.83 Å². The number of benzene rings is 1. The second kappa shape index (κ2) is 9.59. The maximum Gasteiger partial charge on any atom is 0.263 e. The largest absolute Gasteiger partial charge is 0.341 e. The Balaban J connectivity index is 1.81. The van der Waals surface area contributed by atoms with Gasteiger partial charge in [0, 0.05) is 25.0 Å². The number of carbonyl (C=O) groups is 1. The molecule has 0 aliphatic carbocycles. The summed E-state index contributed by atoms with van der Waals surface area (Å²) < 4.78 is 1.75. The van der Waals surface area contributed by atoms with Crippen molar-refractivity contribution in [2.24, 2.45) is 0 Å². The molecule has 29 heavy (non-hydrogen) atoms. The van der Waals surface area contributed by atoms with E-state index in [9.17, 15) is 9.59 Å². The number of rotatable bonds is 8. The molecule has 1 aromatic carbocycles. The van der Waals surface area contributed by atoms with Crippen molar-refractivity contribution in [3.8, 4) is 0 Å². The molecule has 0 atom stereocenters. The van der Waals surface area contributed by atoms with Crippen LogP contribution in [-0.2, 0) is 17.9 Å². The monoisotopic (exact) mass is 429 g/mol. The number of hydrogen-bond donors (Lipinski definition) is 0. The van der Waals surface area contributed by atoms with Crippen LogP contribution in [0.2, 0.25) is 0 Å². The van der Waals surface area contributed by atoms with Crippen molar-refractivity contribution in [2.75, 3.05) is 12.8 Å². The quantitative estimate of drug-likeness (QED) is 0.387. The molecule has 0 bridgehead atoms. The topological polar surface area (TPSA) is 55.2 Å². The second-order valence-electron chi connectivity index (χ2n) is 7.19. The Labute approximate surface area is 179 Å². The third-order valence-corrected chi connectivity index (χ3v) is 7.06. The Morgan fingerprint density at radius 3 is 2.66 bits per heavy atom. The van der Waals surface area contributed by atoms with E-state index in [1.54, 1.807) is 20.8 Å². The van der Waals surface area contributed by atoms with Crippen LogP contribution in [0.1, 0.15) is 35.8 Å². The van der Waals surface area contributed by atoms with E-state index < -0.39 is 0 Å². The molecule has 0 aliphatic heterocycles. The molecule has 2 heterocycles. The Hall–Kier alpha value is -2.12. The highest BCUT2D eigenvalue weighted by atomic mass is 32.2. The number of nitrogens with zero attached hydrogens (tertiary/aromatic N) is 3. The molecule has 2 aromatic heterocycles. The number of thiophene rings is 1. The molecular weight excluding hydrogens is 402 g/mol.